The summed E-state index contributed by atoms with van der Waals surface area (Å²) in [5.74, 6) is -1.25. The Morgan fingerprint density at radius 2 is 1.58 bits per heavy atom. The van der Waals surface area contributed by atoms with Crippen molar-refractivity contribution in [3.63, 3.8) is 0 Å². The van der Waals surface area contributed by atoms with Gasteiger partial charge < -0.3 is 14.9 Å². The van der Waals surface area contributed by atoms with Gasteiger partial charge in [-0.2, -0.15) is 0 Å². The molecule has 2 aliphatic heterocycles. The lowest BCUT2D eigenvalue weighted by Gasteiger charge is -2.36. The summed E-state index contributed by atoms with van der Waals surface area (Å²) in [5.41, 5.74) is 0. The third-order valence-corrected chi connectivity index (χ3v) is 4.01. The second kappa shape index (κ2) is 5.59. The first-order valence-electron chi connectivity index (χ1n) is 6.83. The molecule has 106 valence electrons. The van der Waals surface area contributed by atoms with Gasteiger partial charge in [-0.05, 0) is 32.1 Å². The van der Waals surface area contributed by atoms with Crippen molar-refractivity contribution in [2.24, 2.45) is 0 Å². The average molecular weight is 268 g/mol. The third kappa shape index (κ3) is 2.72. The molecule has 0 aliphatic carbocycles. The SMILES string of the molecule is CC(=O)N1CCC[C@H]1C(=O)N1CCCC[C@@H]1C(=O)O. The molecule has 1 N–H and O–H groups in total. The van der Waals surface area contributed by atoms with E-state index in [1.807, 2.05) is 0 Å². The Balaban J connectivity index is 2.13. The summed E-state index contributed by atoms with van der Waals surface area (Å²) >= 11 is 0. The van der Waals surface area contributed by atoms with Gasteiger partial charge in [0.25, 0.3) is 0 Å². The number of nitrogens with zero attached hydrogens (tertiary/aromatic N) is 2. The number of piperidine rings is 1. The number of carboxylic acids is 1. The van der Waals surface area contributed by atoms with Crippen LogP contribution in [0, 0.1) is 0 Å². The van der Waals surface area contributed by atoms with Gasteiger partial charge in [0.15, 0.2) is 0 Å². The lowest BCUT2D eigenvalue weighted by Crippen LogP contribution is -2.54. The number of carboxylic acid groups (broad SMARTS) is 1. The lowest BCUT2D eigenvalue weighted by atomic mass is 10.0. The van der Waals surface area contributed by atoms with Crippen LogP contribution in [-0.4, -0.2) is 57.9 Å². The van der Waals surface area contributed by atoms with Gasteiger partial charge in [0.2, 0.25) is 11.8 Å². The van der Waals surface area contributed by atoms with Crippen LogP contribution >= 0.6 is 0 Å². The zero-order valence-corrected chi connectivity index (χ0v) is 11.2. The fourth-order valence-corrected chi connectivity index (χ4v) is 3.04. The van der Waals surface area contributed by atoms with Crippen molar-refractivity contribution in [3.05, 3.63) is 0 Å². The number of carbonyl (C=O) groups is 3. The Hall–Kier alpha value is -1.59. The highest BCUT2D eigenvalue weighted by Gasteiger charge is 2.40. The fraction of sp³-hybridized carbons (Fsp3) is 0.769. The molecule has 2 heterocycles. The van der Waals surface area contributed by atoms with E-state index in [-0.39, 0.29) is 11.8 Å². The first-order chi connectivity index (χ1) is 9.02. The average Bonchev–Trinajstić information content (AvgIpc) is 2.87. The van der Waals surface area contributed by atoms with Gasteiger partial charge in [-0.25, -0.2) is 4.79 Å². The van der Waals surface area contributed by atoms with Crippen LogP contribution in [0.1, 0.15) is 39.0 Å². The minimum absolute atomic E-state index is 0.111. The highest BCUT2D eigenvalue weighted by molar-refractivity contribution is 5.90. The maximum atomic E-state index is 12.5. The predicted octanol–water partition coefficient (Wildman–Crippen LogP) is 0.463. The molecule has 0 aromatic heterocycles. The molecule has 0 unspecified atom stereocenters. The first-order valence-corrected chi connectivity index (χ1v) is 6.83. The zero-order chi connectivity index (χ0) is 14.0. The molecule has 0 aromatic rings. The summed E-state index contributed by atoms with van der Waals surface area (Å²) in [6.07, 6.45) is 3.63. The molecule has 6 heteroatoms. The smallest absolute Gasteiger partial charge is 0.326 e. The number of amides is 2. The van der Waals surface area contributed by atoms with Crippen molar-refractivity contribution in [2.45, 2.75) is 51.1 Å². The van der Waals surface area contributed by atoms with E-state index in [0.29, 0.717) is 25.9 Å². The van der Waals surface area contributed by atoms with Gasteiger partial charge in [-0.1, -0.05) is 0 Å². The Kier molecular flexibility index (Phi) is 4.07. The molecule has 2 rings (SSSR count). The number of rotatable bonds is 2. The van der Waals surface area contributed by atoms with Crippen LogP contribution in [0.15, 0.2) is 0 Å². The van der Waals surface area contributed by atoms with Crippen molar-refractivity contribution in [1.29, 1.82) is 0 Å². The molecule has 2 amide bonds. The molecule has 0 aromatic carbocycles. The molecule has 0 bridgehead atoms. The van der Waals surface area contributed by atoms with Crippen LogP contribution in [-0.2, 0) is 14.4 Å². The Morgan fingerprint density at radius 1 is 0.947 bits per heavy atom. The number of likely N-dealkylation sites (tertiary alicyclic amines) is 2. The molecule has 6 nitrogen and oxygen atoms in total. The van der Waals surface area contributed by atoms with Crippen molar-refractivity contribution in [1.82, 2.24) is 9.80 Å². The van der Waals surface area contributed by atoms with Crippen molar-refractivity contribution >= 4 is 17.8 Å². The summed E-state index contributed by atoms with van der Waals surface area (Å²) in [7, 11) is 0. The van der Waals surface area contributed by atoms with Gasteiger partial charge in [0.1, 0.15) is 12.1 Å². The summed E-state index contributed by atoms with van der Waals surface area (Å²) in [5, 5.41) is 9.20. The summed E-state index contributed by atoms with van der Waals surface area (Å²) < 4.78 is 0. The van der Waals surface area contributed by atoms with Gasteiger partial charge >= 0.3 is 5.97 Å². The van der Waals surface area contributed by atoms with E-state index in [1.54, 1.807) is 4.90 Å². The summed E-state index contributed by atoms with van der Waals surface area (Å²) in [6.45, 7) is 2.53. The lowest BCUT2D eigenvalue weighted by molar-refractivity contribution is -0.155. The van der Waals surface area contributed by atoms with E-state index in [2.05, 4.69) is 0 Å². The van der Waals surface area contributed by atoms with Crippen LogP contribution in [0.4, 0.5) is 0 Å². The van der Waals surface area contributed by atoms with Gasteiger partial charge in [-0.3, -0.25) is 9.59 Å². The van der Waals surface area contributed by atoms with E-state index in [4.69, 9.17) is 0 Å². The molecule has 0 radical (unpaired) electrons. The summed E-state index contributed by atoms with van der Waals surface area (Å²) in [6, 6.07) is -1.19. The molecule has 0 saturated carbocycles. The summed E-state index contributed by atoms with van der Waals surface area (Å²) in [4.78, 5) is 38.2. The topological polar surface area (TPSA) is 77.9 Å². The quantitative estimate of drug-likeness (QED) is 0.789. The van der Waals surface area contributed by atoms with Gasteiger partial charge in [0.05, 0.1) is 0 Å². The standard InChI is InChI=1S/C13H20N2O4/c1-9(16)14-8-4-6-10(14)12(17)15-7-3-2-5-11(15)13(18)19/h10-11H,2-8H2,1H3,(H,18,19)/t10-,11+/m0/s1. The van der Waals surface area contributed by atoms with Crippen molar-refractivity contribution in [2.75, 3.05) is 13.1 Å². The number of aliphatic carboxylic acids is 1. The minimum Gasteiger partial charge on any atom is -0.480 e. The molecular weight excluding hydrogens is 248 g/mol. The molecule has 19 heavy (non-hydrogen) atoms. The van der Waals surface area contributed by atoms with Crippen LogP contribution in [0.5, 0.6) is 0 Å². The Labute approximate surface area is 112 Å². The largest absolute Gasteiger partial charge is 0.480 e. The van der Waals surface area contributed by atoms with Crippen molar-refractivity contribution in [3.8, 4) is 0 Å². The van der Waals surface area contributed by atoms with Crippen LogP contribution < -0.4 is 0 Å². The van der Waals surface area contributed by atoms with E-state index in [0.717, 1.165) is 19.3 Å². The first kappa shape index (κ1) is 13.8. The zero-order valence-electron chi connectivity index (χ0n) is 11.2. The molecule has 2 atom stereocenters. The number of carbonyl (C=O) groups excluding carboxylic acids is 2. The van der Waals surface area contributed by atoms with Crippen molar-refractivity contribution < 1.29 is 19.5 Å². The van der Waals surface area contributed by atoms with Crippen LogP contribution in [0.2, 0.25) is 0 Å². The van der Waals surface area contributed by atoms with Crippen LogP contribution in [0.3, 0.4) is 0 Å². The van der Waals surface area contributed by atoms with E-state index < -0.39 is 18.1 Å². The number of hydrogen-bond acceptors (Lipinski definition) is 3. The molecular formula is C13H20N2O4. The van der Waals surface area contributed by atoms with Gasteiger partial charge in [0, 0.05) is 20.0 Å². The highest BCUT2D eigenvalue weighted by Crippen LogP contribution is 2.24. The predicted molar refractivity (Wildman–Crippen MR) is 67.4 cm³/mol. The third-order valence-electron chi connectivity index (χ3n) is 4.01. The van der Waals surface area contributed by atoms with E-state index in [1.165, 1.54) is 11.8 Å². The van der Waals surface area contributed by atoms with Crippen LogP contribution in [0.25, 0.3) is 0 Å². The maximum Gasteiger partial charge on any atom is 0.326 e. The number of hydrogen-bond donors (Lipinski definition) is 1. The monoisotopic (exact) mass is 268 g/mol. The highest BCUT2D eigenvalue weighted by atomic mass is 16.4. The maximum absolute atomic E-state index is 12.5. The molecule has 2 aliphatic rings. The minimum atomic E-state index is -0.944. The second-order valence-corrected chi connectivity index (χ2v) is 5.25. The Morgan fingerprint density at radius 3 is 2.21 bits per heavy atom. The van der Waals surface area contributed by atoms with Gasteiger partial charge in [-0.15, -0.1) is 0 Å². The normalized spacial score (nSPS) is 27.4. The Bertz CT molecular complexity index is 396. The molecule has 2 fully saturated rings. The molecule has 2 saturated heterocycles. The fourth-order valence-electron chi connectivity index (χ4n) is 3.04. The molecule has 0 spiro atoms. The van der Waals surface area contributed by atoms with E-state index >= 15 is 0 Å². The second-order valence-electron chi connectivity index (χ2n) is 5.25. The van der Waals surface area contributed by atoms with E-state index in [9.17, 15) is 19.5 Å².